The largest absolute Gasteiger partial charge is 0.371 e. The van der Waals surface area contributed by atoms with Gasteiger partial charge in [-0.25, -0.2) is 4.98 Å². The van der Waals surface area contributed by atoms with Gasteiger partial charge in [-0.05, 0) is 43.5 Å². The molecule has 2 heterocycles. The molecule has 2 aromatic carbocycles. The molecule has 2 amide bonds. The van der Waals surface area contributed by atoms with Crippen molar-refractivity contribution in [3.8, 4) is 0 Å². The monoisotopic (exact) mass is 448 g/mol. The Morgan fingerprint density at radius 2 is 1.88 bits per heavy atom. The summed E-state index contributed by atoms with van der Waals surface area (Å²) in [4.78, 5) is 31.8. The predicted molar refractivity (Wildman–Crippen MR) is 129 cm³/mol. The molecule has 166 valence electrons. The highest BCUT2D eigenvalue weighted by atomic mass is 32.1. The Labute approximate surface area is 192 Å². The molecule has 0 aliphatic carbocycles. The van der Waals surface area contributed by atoms with Crippen molar-refractivity contribution in [1.29, 1.82) is 0 Å². The minimum atomic E-state index is -0.302. The molecule has 1 aromatic heterocycles. The van der Waals surface area contributed by atoms with Gasteiger partial charge in [0.1, 0.15) is 5.69 Å². The molecule has 6 nitrogen and oxygen atoms in total. The Morgan fingerprint density at radius 1 is 1.09 bits per heavy atom. The summed E-state index contributed by atoms with van der Waals surface area (Å²) in [6, 6.07) is 17.7. The van der Waals surface area contributed by atoms with E-state index in [0.717, 1.165) is 35.0 Å². The summed E-state index contributed by atoms with van der Waals surface area (Å²) in [5.41, 5.74) is 3.47. The lowest BCUT2D eigenvalue weighted by Crippen LogP contribution is -2.35. The summed E-state index contributed by atoms with van der Waals surface area (Å²) in [5.74, 6) is -0.378. The molecule has 0 radical (unpaired) electrons. The van der Waals surface area contributed by atoms with Crippen LogP contribution in [0.4, 0.5) is 11.4 Å². The van der Waals surface area contributed by atoms with Crippen molar-refractivity contribution in [2.45, 2.75) is 38.6 Å². The number of amides is 2. The van der Waals surface area contributed by atoms with Gasteiger partial charge in [-0.1, -0.05) is 36.4 Å². The van der Waals surface area contributed by atoms with E-state index in [1.807, 2.05) is 55.5 Å². The lowest BCUT2D eigenvalue weighted by molar-refractivity contribution is -0.116. The first kappa shape index (κ1) is 22.0. The third kappa shape index (κ3) is 5.95. The zero-order valence-corrected chi connectivity index (χ0v) is 19.0. The Kier molecular flexibility index (Phi) is 7.17. The van der Waals surface area contributed by atoms with Crippen LogP contribution in [0, 0.1) is 0 Å². The van der Waals surface area contributed by atoms with Gasteiger partial charge in [0.25, 0.3) is 5.91 Å². The van der Waals surface area contributed by atoms with Crippen molar-refractivity contribution in [3.05, 3.63) is 76.2 Å². The van der Waals surface area contributed by atoms with E-state index in [2.05, 4.69) is 26.6 Å². The van der Waals surface area contributed by atoms with Gasteiger partial charge in [-0.2, -0.15) is 0 Å². The minimum absolute atomic E-state index is 0.126. The number of carbonyl (C=O) groups excluding carboxylic acids is 2. The van der Waals surface area contributed by atoms with Crippen molar-refractivity contribution in [2.75, 3.05) is 23.3 Å². The first-order valence-electron chi connectivity index (χ1n) is 11.0. The normalized spacial score (nSPS) is 14.2. The highest BCUT2D eigenvalue weighted by molar-refractivity contribution is 7.09. The number of hydrogen-bond acceptors (Lipinski definition) is 5. The molecular formula is C25H28N4O2S. The molecular weight excluding hydrogens is 420 g/mol. The van der Waals surface area contributed by atoms with Gasteiger partial charge < -0.3 is 15.5 Å². The van der Waals surface area contributed by atoms with Gasteiger partial charge in [0.2, 0.25) is 5.91 Å². The van der Waals surface area contributed by atoms with Crippen molar-refractivity contribution < 1.29 is 9.59 Å². The van der Waals surface area contributed by atoms with Crippen LogP contribution in [0.5, 0.6) is 0 Å². The second kappa shape index (κ2) is 10.4. The van der Waals surface area contributed by atoms with Crippen molar-refractivity contribution in [2.24, 2.45) is 0 Å². The first-order valence-corrected chi connectivity index (χ1v) is 11.9. The summed E-state index contributed by atoms with van der Waals surface area (Å²) in [5, 5.41) is 8.49. The van der Waals surface area contributed by atoms with Gasteiger partial charge in [-0.3, -0.25) is 9.59 Å². The molecule has 1 saturated heterocycles. The zero-order valence-electron chi connectivity index (χ0n) is 18.2. The van der Waals surface area contributed by atoms with Gasteiger partial charge in [-0.15, -0.1) is 11.3 Å². The standard InChI is InChI=1S/C25H28N4O2S/c1-18(14-23(30)27-20-10-7-11-21(16-20)29-12-5-6-13-29)26-25(31)22-17-32-24(28-22)15-19-8-3-2-4-9-19/h2-4,7-11,16-18H,5-6,12-15H2,1H3,(H,26,31)(H,27,30). The van der Waals surface area contributed by atoms with E-state index in [9.17, 15) is 9.59 Å². The molecule has 0 bridgehead atoms. The van der Waals surface area contributed by atoms with Gasteiger partial charge in [0, 0.05) is 48.7 Å². The quantitative estimate of drug-likeness (QED) is 0.533. The second-order valence-corrected chi connectivity index (χ2v) is 9.10. The van der Waals surface area contributed by atoms with Crippen LogP contribution in [0.3, 0.4) is 0 Å². The van der Waals surface area contributed by atoms with Crippen LogP contribution in [0.15, 0.2) is 60.0 Å². The van der Waals surface area contributed by atoms with Crippen LogP contribution in [-0.2, 0) is 11.2 Å². The Balaban J connectivity index is 1.27. The molecule has 32 heavy (non-hydrogen) atoms. The number of aromatic nitrogens is 1. The average molecular weight is 449 g/mol. The number of hydrogen-bond donors (Lipinski definition) is 2. The van der Waals surface area contributed by atoms with E-state index in [4.69, 9.17) is 0 Å². The third-order valence-corrected chi connectivity index (χ3v) is 6.30. The molecule has 1 aliphatic rings. The predicted octanol–water partition coefficient (Wildman–Crippen LogP) is 4.48. The number of thiazole rings is 1. The smallest absolute Gasteiger partial charge is 0.270 e. The van der Waals surface area contributed by atoms with Crippen LogP contribution >= 0.6 is 11.3 Å². The molecule has 2 N–H and O–H groups in total. The van der Waals surface area contributed by atoms with Crippen LogP contribution in [-0.4, -0.2) is 35.9 Å². The lowest BCUT2D eigenvalue weighted by atomic mass is 10.2. The fraction of sp³-hybridized carbons (Fsp3) is 0.320. The van der Waals surface area contributed by atoms with Crippen molar-refractivity contribution >= 4 is 34.5 Å². The van der Waals surface area contributed by atoms with Crippen LogP contribution < -0.4 is 15.5 Å². The SMILES string of the molecule is CC(CC(=O)Nc1cccc(N2CCCC2)c1)NC(=O)c1csc(Cc2ccccc2)n1. The fourth-order valence-corrected chi connectivity index (χ4v) is 4.67. The first-order chi connectivity index (χ1) is 15.6. The number of benzene rings is 2. The minimum Gasteiger partial charge on any atom is -0.371 e. The van der Waals surface area contributed by atoms with Crippen LogP contribution in [0.1, 0.15) is 47.2 Å². The summed E-state index contributed by atoms with van der Waals surface area (Å²) in [6.07, 6.45) is 3.31. The molecule has 1 fully saturated rings. The maximum atomic E-state index is 12.5. The van der Waals surface area contributed by atoms with E-state index >= 15 is 0 Å². The van der Waals surface area contributed by atoms with Gasteiger partial charge in [0.15, 0.2) is 0 Å². The Hall–Kier alpha value is -3.19. The molecule has 1 atom stereocenters. The molecule has 0 spiro atoms. The number of anilines is 2. The fourth-order valence-electron chi connectivity index (χ4n) is 3.86. The summed E-state index contributed by atoms with van der Waals surface area (Å²) >= 11 is 1.47. The van der Waals surface area contributed by atoms with Gasteiger partial charge in [0.05, 0.1) is 5.01 Å². The highest BCUT2D eigenvalue weighted by Crippen LogP contribution is 2.23. The van der Waals surface area contributed by atoms with E-state index in [-0.39, 0.29) is 24.3 Å². The van der Waals surface area contributed by atoms with E-state index in [1.165, 1.54) is 24.2 Å². The van der Waals surface area contributed by atoms with Crippen molar-refractivity contribution in [3.63, 3.8) is 0 Å². The summed E-state index contributed by atoms with van der Waals surface area (Å²) < 4.78 is 0. The average Bonchev–Trinajstić information content (AvgIpc) is 3.47. The molecule has 0 saturated carbocycles. The molecule has 1 aliphatic heterocycles. The molecule has 4 rings (SSSR count). The topological polar surface area (TPSA) is 74.3 Å². The molecule has 3 aromatic rings. The number of carbonyl (C=O) groups is 2. The van der Waals surface area contributed by atoms with Crippen LogP contribution in [0.25, 0.3) is 0 Å². The molecule has 1 unspecified atom stereocenters. The molecule has 7 heteroatoms. The second-order valence-electron chi connectivity index (χ2n) is 8.16. The van der Waals surface area contributed by atoms with E-state index in [0.29, 0.717) is 12.1 Å². The zero-order chi connectivity index (χ0) is 22.3. The summed E-state index contributed by atoms with van der Waals surface area (Å²) in [7, 11) is 0. The van der Waals surface area contributed by atoms with Gasteiger partial charge >= 0.3 is 0 Å². The Bertz CT molecular complexity index is 1060. The van der Waals surface area contributed by atoms with E-state index in [1.54, 1.807) is 5.38 Å². The summed E-state index contributed by atoms with van der Waals surface area (Å²) in [6.45, 7) is 3.95. The third-order valence-electron chi connectivity index (χ3n) is 5.45. The van der Waals surface area contributed by atoms with E-state index < -0.39 is 0 Å². The number of rotatable bonds is 8. The Morgan fingerprint density at radius 3 is 2.66 bits per heavy atom. The highest BCUT2D eigenvalue weighted by Gasteiger charge is 2.17. The lowest BCUT2D eigenvalue weighted by Gasteiger charge is -2.19. The number of nitrogens with zero attached hydrogens (tertiary/aromatic N) is 2. The maximum absolute atomic E-state index is 12.5. The number of nitrogens with one attached hydrogen (secondary N) is 2. The maximum Gasteiger partial charge on any atom is 0.270 e. The van der Waals surface area contributed by atoms with Crippen LogP contribution in [0.2, 0.25) is 0 Å². The van der Waals surface area contributed by atoms with Crippen molar-refractivity contribution in [1.82, 2.24) is 10.3 Å².